The van der Waals surface area contributed by atoms with Crippen LogP contribution < -0.4 is 5.56 Å². The molecule has 2 aromatic carbocycles. The zero-order valence-electron chi connectivity index (χ0n) is 16.7. The Balaban J connectivity index is 1.45. The summed E-state index contributed by atoms with van der Waals surface area (Å²) in [6.45, 7) is 2.31. The summed E-state index contributed by atoms with van der Waals surface area (Å²) >= 11 is 1.38. The highest BCUT2D eigenvalue weighted by Gasteiger charge is 2.15. The Labute approximate surface area is 181 Å². The molecule has 0 saturated carbocycles. The van der Waals surface area contributed by atoms with Crippen LogP contribution in [0.25, 0.3) is 22.3 Å². The minimum absolute atomic E-state index is 0.115. The maximum Gasteiger partial charge on any atom is 0.262 e. The fraction of sp³-hybridized carbons (Fsp3) is 0.130. The van der Waals surface area contributed by atoms with Gasteiger partial charge in [-0.25, -0.2) is 4.98 Å². The third-order valence-electron chi connectivity index (χ3n) is 4.79. The summed E-state index contributed by atoms with van der Waals surface area (Å²) < 4.78 is 12.5. The van der Waals surface area contributed by atoms with Crippen molar-refractivity contribution in [3.63, 3.8) is 0 Å². The first-order chi connectivity index (χ1) is 15.2. The number of aryl methyl sites for hydroxylation is 1. The molecule has 31 heavy (non-hydrogen) atoms. The fourth-order valence-electron chi connectivity index (χ4n) is 3.30. The molecule has 0 aliphatic heterocycles. The summed E-state index contributed by atoms with van der Waals surface area (Å²) in [6, 6.07) is 18.9. The van der Waals surface area contributed by atoms with Crippen molar-refractivity contribution in [1.82, 2.24) is 19.7 Å². The van der Waals surface area contributed by atoms with E-state index in [0.29, 0.717) is 45.8 Å². The van der Waals surface area contributed by atoms with Crippen LogP contribution >= 0.6 is 11.8 Å². The standard InChI is InChI=1S/C23H18N4O3S/c1-15-6-4-7-16(12-15)21-25-20(30-26-21)14-31-23-24-19-10-3-2-9-18(19)22(28)27(23)13-17-8-5-11-29-17/h2-12H,13-14H2,1H3. The van der Waals surface area contributed by atoms with Gasteiger partial charge in [0.2, 0.25) is 11.7 Å². The Morgan fingerprint density at radius 2 is 1.94 bits per heavy atom. The number of para-hydroxylation sites is 1. The number of fused-ring (bicyclic) bond motifs is 1. The Morgan fingerprint density at radius 3 is 2.77 bits per heavy atom. The number of nitrogens with zero attached hydrogens (tertiary/aromatic N) is 4. The largest absolute Gasteiger partial charge is 0.467 e. The maximum absolute atomic E-state index is 13.1. The molecule has 0 fully saturated rings. The van der Waals surface area contributed by atoms with Crippen molar-refractivity contribution in [2.24, 2.45) is 0 Å². The van der Waals surface area contributed by atoms with E-state index in [-0.39, 0.29) is 5.56 Å². The predicted molar refractivity (Wildman–Crippen MR) is 118 cm³/mol. The van der Waals surface area contributed by atoms with Crippen molar-refractivity contribution in [1.29, 1.82) is 0 Å². The van der Waals surface area contributed by atoms with Crippen LogP contribution in [0.5, 0.6) is 0 Å². The van der Waals surface area contributed by atoms with Crippen molar-refractivity contribution in [2.45, 2.75) is 24.4 Å². The number of thioether (sulfide) groups is 1. The molecule has 0 unspecified atom stereocenters. The molecule has 0 aliphatic carbocycles. The molecule has 0 bridgehead atoms. The molecule has 0 atom stereocenters. The summed E-state index contributed by atoms with van der Waals surface area (Å²) in [5.41, 5.74) is 2.56. The number of hydrogen-bond acceptors (Lipinski definition) is 7. The Hall–Kier alpha value is -3.65. The molecule has 0 radical (unpaired) electrons. The van der Waals surface area contributed by atoms with Gasteiger partial charge in [-0.15, -0.1) is 0 Å². The van der Waals surface area contributed by atoms with Gasteiger partial charge in [0.1, 0.15) is 5.76 Å². The molecule has 0 amide bonds. The summed E-state index contributed by atoms with van der Waals surface area (Å²) in [7, 11) is 0. The van der Waals surface area contributed by atoms with Gasteiger partial charge in [-0.05, 0) is 37.3 Å². The average Bonchev–Trinajstić information content (AvgIpc) is 3.47. The summed E-state index contributed by atoms with van der Waals surface area (Å²) in [5.74, 6) is 2.08. The van der Waals surface area contributed by atoms with E-state index in [4.69, 9.17) is 13.9 Å². The zero-order valence-corrected chi connectivity index (χ0v) is 17.5. The lowest BCUT2D eigenvalue weighted by molar-refractivity contribution is 0.391. The molecule has 3 heterocycles. The first-order valence-electron chi connectivity index (χ1n) is 9.72. The third-order valence-corrected chi connectivity index (χ3v) is 5.75. The van der Waals surface area contributed by atoms with Crippen molar-refractivity contribution in [3.8, 4) is 11.4 Å². The first kappa shape index (κ1) is 19.3. The van der Waals surface area contributed by atoms with Crippen LogP contribution in [-0.2, 0) is 12.3 Å². The maximum atomic E-state index is 13.1. The van der Waals surface area contributed by atoms with E-state index in [1.165, 1.54) is 11.8 Å². The normalized spacial score (nSPS) is 11.3. The second kappa shape index (κ2) is 8.23. The minimum atomic E-state index is -0.115. The fourth-order valence-corrected chi connectivity index (χ4v) is 4.13. The monoisotopic (exact) mass is 430 g/mol. The molecule has 5 aromatic rings. The molecular weight excluding hydrogens is 412 g/mol. The number of benzene rings is 2. The molecule has 0 N–H and O–H groups in total. The van der Waals surface area contributed by atoms with Gasteiger partial charge < -0.3 is 8.94 Å². The van der Waals surface area contributed by atoms with Crippen LogP contribution in [0.2, 0.25) is 0 Å². The Kier molecular flexibility index (Phi) is 5.13. The predicted octanol–water partition coefficient (Wildman–Crippen LogP) is 4.69. The average molecular weight is 430 g/mol. The van der Waals surface area contributed by atoms with E-state index >= 15 is 0 Å². The molecule has 7 nitrogen and oxygen atoms in total. The molecule has 0 spiro atoms. The minimum Gasteiger partial charge on any atom is -0.467 e. The second-order valence-corrected chi connectivity index (χ2v) is 7.99. The topological polar surface area (TPSA) is 87.0 Å². The van der Waals surface area contributed by atoms with Crippen molar-refractivity contribution < 1.29 is 8.94 Å². The van der Waals surface area contributed by atoms with Crippen LogP contribution in [0.4, 0.5) is 0 Å². The zero-order chi connectivity index (χ0) is 21.2. The first-order valence-corrected chi connectivity index (χ1v) is 10.7. The SMILES string of the molecule is Cc1cccc(-c2noc(CSc3nc4ccccc4c(=O)n3Cc3ccco3)n2)c1. The Morgan fingerprint density at radius 1 is 1.03 bits per heavy atom. The lowest BCUT2D eigenvalue weighted by Gasteiger charge is -2.11. The van der Waals surface area contributed by atoms with Crippen LogP contribution in [0.3, 0.4) is 0 Å². The molecule has 154 valence electrons. The van der Waals surface area contributed by atoms with Crippen LogP contribution in [-0.4, -0.2) is 19.7 Å². The quantitative estimate of drug-likeness (QED) is 0.285. The van der Waals surface area contributed by atoms with E-state index in [0.717, 1.165) is 11.1 Å². The molecular formula is C23H18N4O3S. The summed E-state index contributed by atoms with van der Waals surface area (Å²) in [6.07, 6.45) is 1.59. The van der Waals surface area contributed by atoms with E-state index in [9.17, 15) is 4.79 Å². The van der Waals surface area contributed by atoms with Gasteiger partial charge >= 0.3 is 0 Å². The van der Waals surface area contributed by atoms with E-state index in [2.05, 4.69) is 10.1 Å². The highest BCUT2D eigenvalue weighted by Crippen LogP contribution is 2.24. The van der Waals surface area contributed by atoms with Gasteiger partial charge in [-0.2, -0.15) is 4.98 Å². The van der Waals surface area contributed by atoms with Crippen molar-refractivity contribution in [2.75, 3.05) is 0 Å². The van der Waals surface area contributed by atoms with E-state index < -0.39 is 0 Å². The van der Waals surface area contributed by atoms with Crippen LogP contribution in [0.15, 0.2) is 85.8 Å². The van der Waals surface area contributed by atoms with E-state index in [1.807, 2.05) is 55.5 Å². The van der Waals surface area contributed by atoms with Crippen LogP contribution in [0.1, 0.15) is 17.2 Å². The van der Waals surface area contributed by atoms with Crippen LogP contribution in [0, 0.1) is 6.92 Å². The number of rotatable bonds is 6. The van der Waals surface area contributed by atoms with Crippen molar-refractivity contribution >= 4 is 22.7 Å². The number of hydrogen-bond donors (Lipinski definition) is 0. The molecule has 0 aliphatic rings. The Bertz CT molecular complexity index is 1410. The van der Waals surface area contributed by atoms with Gasteiger partial charge in [0.05, 0.1) is 29.5 Å². The highest BCUT2D eigenvalue weighted by molar-refractivity contribution is 7.98. The molecule has 5 rings (SSSR count). The lowest BCUT2D eigenvalue weighted by Crippen LogP contribution is -2.23. The lowest BCUT2D eigenvalue weighted by atomic mass is 10.1. The second-order valence-electron chi connectivity index (χ2n) is 7.05. The third kappa shape index (κ3) is 4.02. The molecule has 8 heteroatoms. The van der Waals surface area contributed by atoms with Crippen molar-refractivity contribution in [3.05, 3.63) is 94.5 Å². The van der Waals surface area contributed by atoms with Gasteiger partial charge in [0, 0.05) is 5.56 Å². The van der Waals surface area contributed by atoms with E-state index in [1.54, 1.807) is 23.0 Å². The van der Waals surface area contributed by atoms with Gasteiger partial charge in [0.15, 0.2) is 5.16 Å². The highest BCUT2D eigenvalue weighted by atomic mass is 32.2. The smallest absolute Gasteiger partial charge is 0.262 e. The number of aromatic nitrogens is 4. The van der Waals surface area contributed by atoms with Gasteiger partial charge in [0.25, 0.3) is 5.56 Å². The molecule has 0 saturated heterocycles. The summed E-state index contributed by atoms with van der Waals surface area (Å²) in [4.78, 5) is 22.3. The van der Waals surface area contributed by atoms with Gasteiger partial charge in [-0.3, -0.25) is 9.36 Å². The molecule has 3 aromatic heterocycles. The number of furan rings is 1. The summed E-state index contributed by atoms with van der Waals surface area (Å²) in [5, 5.41) is 5.22. The van der Waals surface area contributed by atoms with Gasteiger partial charge in [-0.1, -0.05) is 52.8 Å².